The maximum Gasteiger partial charge on any atom is 0.243 e. The number of hydrogen-bond donors (Lipinski definition) is 0. The van der Waals surface area contributed by atoms with E-state index in [1.165, 1.54) is 22.8 Å². The number of carbonyl (C=O) groups is 1. The lowest BCUT2D eigenvalue weighted by Crippen LogP contribution is -2.46. The molecule has 0 saturated carbocycles. The monoisotopic (exact) mass is 594 g/mol. The van der Waals surface area contributed by atoms with E-state index in [-0.39, 0.29) is 29.8 Å². The molecule has 0 bridgehead atoms. The number of anilines is 1. The van der Waals surface area contributed by atoms with Gasteiger partial charge in [-0.2, -0.15) is 4.31 Å². The lowest BCUT2D eigenvalue weighted by molar-refractivity contribution is -0.123. The number of rotatable bonds is 11. The van der Waals surface area contributed by atoms with E-state index in [9.17, 15) is 13.2 Å². The summed E-state index contributed by atoms with van der Waals surface area (Å²) in [6.45, 7) is 7.66. The number of nitrogens with zero attached hydrogens (tertiary/aromatic N) is 4. The number of methoxy groups -OCH3 is 2. The highest BCUT2D eigenvalue weighted by Gasteiger charge is 2.35. The van der Waals surface area contributed by atoms with Gasteiger partial charge in [-0.3, -0.25) is 9.69 Å². The van der Waals surface area contributed by atoms with Crippen molar-refractivity contribution in [3.63, 3.8) is 0 Å². The number of piperidine rings is 1. The molecule has 9 nitrogen and oxygen atoms in total. The SMILES string of the molecule is CCN(CC)CCN(C(=O)C1CCN(S(=O)(=O)c2ccc(OC)cc2)CC1)c1nc2c(OC)ccc(Cl)c2s1. The van der Waals surface area contributed by atoms with Crippen LogP contribution in [-0.2, 0) is 14.8 Å². The third-order valence-corrected chi connectivity index (χ3v) is 10.7. The summed E-state index contributed by atoms with van der Waals surface area (Å²) in [6, 6.07) is 9.91. The second-order valence-corrected chi connectivity index (χ2v) is 12.6. The largest absolute Gasteiger partial charge is 0.497 e. The van der Waals surface area contributed by atoms with Gasteiger partial charge in [0.05, 0.1) is 28.8 Å². The topological polar surface area (TPSA) is 92.3 Å². The first-order valence-electron chi connectivity index (χ1n) is 13.0. The van der Waals surface area contributed by atoms with Gasteiger partial charge in [-0.15, -0.1) is 0 Å². The summed E-state index contributed by atoms with van der Waals surface area (Å²) in [7, 11) is -0.539. The van der Waals surface area contributed by atoms with Gasteiger partial charge in [0.15, 0.2) is 5.13 Å². The second-order valence-electron chi connectivity index (χ2n) is 9.29. The fraction of sp³-hybridized carbons (Fsp3) is 0.481. The van der Waals surface area contributed by atoms with Gasteiger partial charge in [0, 0.05) is 32.1 Å². The van der Waals surface area contributed by atoms with Gasteiger partial charge in [-0.1, -0.05) is 36.8 Å². The van der Waals surface area contributed by atoms with Gasteiger partial charge >= 0.3 is 0 Å². The summed E-state index contributed by atoms with van der Waals surface area (Å²) in [6.07, 6.45) is 0.871. The van der Waals surface area contributed by atoms with Crippen molar-refractivity contribution in [2.45, 2.75) is 31.6 Å². The van der Waals surface area contributed by atoms with E-state index >= 15 is 0 Å². The number of benzene rings is 2. The molecule has 0 unspecified atom stereocenters. The Morgan fingerprint density at radius 2 is 1.72 bits per heavy atom. The summed E-state index contributed by atoms with van der Waals surface area (Å²) in [5.74, 6) is 0.841. The van der Waals surface area contributed by atoms with Crippen molar-refractivity contribution in [1.82, 2.24) is 14.2 Å². The fourth-order valence-electron chi connectivity index (χ4n) is 4.76. The Morgan fingerprint density at radius 3 is 2.31 bits per heavy atom. The molecule has 0 atom stereocenters. The zero-order valence-electron chi connectivity index (χ0n) is 22.7. The van der Waals surface area contributed by atoms with Crippen molar-refractivity contribution >= 4 is 54.2 Å². The van der Waals surface area contributed by atoms with Crippen molar-refractivity contribution < 1.29 is 22.7 Å². The highest BCUT2D eigenvalue weighted by molar-refractivity contribution is 7.89. The fourth-order valence-corrected chi connectivity index (χ4v) is 7.52. The van der Waals surface area contributed by atoms with Crippen molar-refractivity contribution in [3.05, 3.63) is 41.4 Å². The molecule has 1 aromatic heterocycles. The van der Waals surface area contributed by atoms with Gasteiger partial charge in [-0.05, 0) is 62.3 Å². The smallest absolute Gasteiger partial charge is 0.243 e. The van der Waals surface area contributed by atoms with Crippen LogP contribution in [0.5, 0.6) is 11.5 Å². The first-order chi connectivity index (χ1) is 18.7. The van der Waals surface area contributed by atoms with Crippen LogP contribution in [0.25, 0.3) is 10.2 Å². The van der Waals surface area contributed by atoms with E-state index < -0.39 is 10.0 Å². The summed E-state index contributed by atoms with van der Waals surface area (Å²) < 4.78 is 39.3. The number of amides is 1. The third-order valence-electron chi connectivity index (χ3n) is 7.20. The van der Waals surface area contributed by atoms with Crippen LogP contribution in [0.4, 0.5) is 5.13 Å². The van der Waals surface area contributed by atoms with Crippen molar-refractivity contribution in [1.29, 1.82) is 0 Å². The first kappa shape index (κ1) is 29.5. The maximum absolute atomic E-state index is 13.9. The van der Waals surface area contributed by atoms with E-state index in [0.717, 1.165) is 17.8 Å². The molecule has 1 aliphatic rings. The molecule has 1 fully saturated rings. The molecule has 2 heterocycles. The first-order valence-corrected chi connectivity index (χ1v) is 15.7. The minimum absolute atomic E-state index is 0.0437. The summed E-state index contributed by atoms with van der Waals surface area (Å²) >= 11 is 7.84. The second kappa shape index (κ2) is 12.8. The van der Waals surface area contributed by atoms with E-state index in [0.29, 0.717) is 53.1 Å². The molecule has 0 aliphatic carbocycles. The van der Waals surface area contributed by atoms with Crippen LogP contribution in [0.1, 0.15) is 26.7 Å². The third kappa shape index (κ3) is 6.33. The minimum atomic E-state index is -3.66. The summed E-state index contributed by atoms with van der Waals surface area (Å²) in [4.78, 5) is 22.9. The van der Waals surface area contributed by atoms with E-state index in [2.05, 4.69) is 18.7 Å². The molecular weight excluding hydrogens is 560 g/mol. The summed E-state index contributed by atoms with van der Waals surface area (Å²) in [5.41, 5.74) is 0.631. The number of thiazole rings is 1. The number of fused-ring (bicyclic) bond motifs is 1. The van der Waals surface area contributed by atoms with E-state index in [1.54, 1.807) is 48.4 Å². The average Bonchev–Trinajstić information content (AvgIpc) is 3.41. The normalized spacial score (nSPS) is 15.1. The number of halogens is 1. The van der Waals surface area contributed by atoms with Gasteiger partial charge in [0.1, 0.15) is 17.0 Å². The quantitative estimate of drug-likeness (QED) is 0.316. The molecule has 1 saturated heterocycles. The zero-order chi connectivity index (χ0) is 28.2. The lowest BCUT2D eigenvalue weighted by atomic mass is 9.96. The van der Waals surface area contributed by atoms with Gasteiger partial charge in [0.25, 0.3) is 0 Å². The van der Waals surface area contributed by atoms with Crippen LogP contribution in [0, 0.1) is 5.92 Å². The molecule has 1 amide bonds. The molecule has 3 aromatic rings. The molecular formula is C27H35ClN4O5S2. The number of ether oxygens (including phenoxy) is 2. The molecule has 212 valence electrons. The van der Waals surface area contributed by atoms with Gasteiger partial charge < -0.3 is 14.4 Å². The maximum atomic E-state index is 13.9. The standard InChI is InChI=1S/C27H35ClN4O5S2/c1-5-30(6-2)17-18-32(27-29-24-23(37-4)12-11-22(28)25(24)38-27)26(33)19-13-15-31(16-14-19)39(34,35)21-9-7-20(36-3)8-10-21/h7-12,19H,5-6,13-18H2,1-4H3. The molecule has 0 radical (unpaired) electrons. The van der Waals surface area contributed by atoms with Crippen LogP contribution in [0.3, 0.4) is 0 Å². The highest BCUT2D eigenvalue weighted by Crippen LogP contribution is 2.39. The highest BCUT2D eigenvalue weighted by atomic mass is 35.5. The van der Waals surface area contributed by atoms with Crippen molar-refractivity contribution in [3.8, 4) is 11.5 Å². The van der Waals surface area contributed by atoms with Crippen molar-refractivity contribution in [2.75, 3.05) is 58.4 Å². The number of hydrogen-bond acceptors (Lipinski definition) is 8. The molecule has 0 spiro atoms. The Morgan fingerprint density at radius 1 is 1.05 bits per heavy atom. The Labute approximate surface area is 239 Å². The predicted molar refractivity (Wildman–Crippen MR) is 156 cm³/mol. The van der Waals surface area contributed by atoms with E-state index in [4.69, 9.17) is 26.1 Å². The van der Waals surface area contributed by atoms with Gasteiger partial charge in [-0.25, -0.2) is 13.4 Å². The van der Waals surface area contributed by atoms with Crippen LogP contribution < -0.4 is 14.4 Å². The Hall–Kier alpha value is -2.44. The molecule has 2 aromatic carbocycles. The molecule has 1 aliphatic heterocycles. The number of likely N-dealkylation sites (N-methyl/N-ethyl adjacent to an activating group) is 1. The molecule has 0 N–H and O–H groups in total. The Kier molecular flexibility index (Phi) is 9.71. The van der Waals surface area contributed by atoms with E-state index in [1.807, 2.05) is 0 Å². The minimum Gasteiger partial charge on any atom is -0.497 e. The molecule has 12 heteroatoms. The van der Waals surface area contributed by atoms with Crippen LogP contribution in [-0.4, -0.2) is 82.0 Å². The predicted octanol–water partition coefficient (Wildman–Crippen LogP) is 4.74. The van der Waals surface area contributed by atoms with Crippen LogP contribution in [0.15, 0.2) is 41.3 Å². The van der Waals surface area contributed by atoms with Crippen LogP contribution >= 0.6 is 22.9 Å². The van der Waals surface area contributed by atoms with Gasteiger partial charge in [0.2, 0.25) is 15.9 Å². The number of sulfonamides is 1. The van der Waals surface area contributed by atoms with Crippen molar-refractivity contribution in [2.24, 2.45) is 5.92 Å². The Bertz CT molecular complexity index is 1390. The summed E-state index contributed by atoms with van der Waals surface area (Å²) in [5, 5.41) is 1.13. The number of carbonyl (C=O) groups excluding carboxylic acids is 1. The Balaban J connectivity index is 1.55. The molecule has 39 heavy (non-hydrogen) atoms. The van der Waals surface area contributed by atoms with Crippen LogP contribution in [0.2, 0.25) is 5.02 Å². The average molecular weight is 595 g/mol. The zero-order valence-corrected chi connectivity index (χ0v) is 25.1. The lowest BCUT2D eigenvalue weighted by Gasteiger charge is -2.33. The molecule has 4 rings (SSSR count). The number of aromatic nitrogens is 1.